The SMILES string of the molecule is Cc1nn(C)c(C)c1CCC(=O)NCC1CCN(c2ccc(C(=O)O)nn2)CC1. The lowest BCUT2D eigenvalue weighted by atomic mass is 9.96. The molecular formula is C20H28N6O3. The average molecular weight is 400 g/mol. The Morgan fingerprint density at radius 1 is 1.21 bits per heavy atom. The summed E-state index contributed by atoms with van der Waals surface area (Å²) in [6, 6.07) is 3.17. The number of aromatic nitrogens is 4. The lowest BCUT2D eigenvalue weighted by molar-refractivity contribution is -0.121. The van der Waals surface area contributed by atoms with E-state index >= 15 is 0 Å². The minimum Gasteiger partial charge on any atom is -0.476 e. The van der Waals surface area contributed by atoms with Crippen LogP contribution in [0.3, 0.4) is 0 Å². The highest BCUT2D eigenvalue weighted by atomic mass is 16.4. The maximum Gasteiger partial charge on any atom is 0.356 e. The van der Waals surface area contributed by atoms with Crippen LogP contribution in [-0.4, -0.2) is 56.6 Å². The summed E-state index contributed by atoms with van der Waals surface area (Å²) in [6.07, 6.45) is 3.07. The van der Waals surface area contributed by atoms with Gasteiger partial charge in [-0.2, -0.15) is 5.10 Å². The summed E-state index contributed by atoms with van der Waals surface area (Å²) < 4.78 is 1.86. The number of hydrogen-bond donors (Lipinski definition) is 2. The first-order valence-corrected chi connectivity index (χ1v) is 9.93. The lowest BCUT2D eigenvalue weighted by Gasteiger charge is -2.32. The number of aryl methyl sites for hydroxylation is 2. The van der Waals surface area contributed by atoms with Gasteiger partial charge in [-0.05, 0) is 56.7 Å². The molecule has 3 rings (SSSR count). The minimum atomic E-state index is -1.08. The number of aromatic carboxylic acids is 1. The number of hydrogen-bond acceptors (Lipinski definition) is 6. The number of anilines is 1. The van der Waals surface area contributed by atoms with Crippen LogP contribution in [0.2, 0.25) is 0 Å². The van der Waals surface area contributed by atoms with E-state index in [1.165, 1.54) is 6.07 Å². The van der Waals surface area contributed by atoms with E-state index in [0.717, 1.165) is 42.9 Å². The highest BCUT2D eigenvalue weighted by Gasteiger charge is 2.21. The molecule has 2 N–H and O–H groups in total. The Balaban J connectivity index is 1.40. The number of carbonyl (C=O) groups is 2. The standard InChI is InChI=1S/C20H28N6O3/c1-13-16(14(2)25(3)24-13)4-7-19(27)21-12-15-8-10-26(11-9-15)18-6-5-17(20(28)29)22-23-18/h5-6,15H,4,7-12H2,1-3H3,(H,21,27)(H,28,29). The van der Waals surface area contributed by atoms with Crippen molar-refractivity contribution in [2.45, 2.75) is 39.5 Å². The zero-order chi connectivity index (χ0) is 21.0. The molecule has 0 saturated carbocycles. The number of carboxylic acids is 1. The molecule has 0 unspecified atom stereocenters. The average Bonchev–Trinajstić information content (AvgIpc) is 2.96. The Morgan fingerprint density at radius 2 is 1.93 bits per heavy atom. The van der Waals surface area contributed by atoms with Crippen molar-refractivity contribution in [3.8, 4) is 0 Å². The first-order valence-electron chi connectivity index (χ1n) is 9.93. The molecule has 1 aliphatic heterocycles. The molecule has 1 saturated heterocycles. The van der Waals surface area contributed by atoms with E-state index in [1.807, 2.05) is 25.6 Å². The number of nitrogens with zero attached hydrogens (tertiary/aromatic N) is 5. The molecule has 1 aliphatic rings. The summed E-state index contributed by atoms with van der Waals surface area (Å²) in [6.45, 7) is 6.32. The molecule has 1 amide bonds. The quantitative estimate of drug-likeness (QED) is 0.724. The van der Waals surface area contributed by atoms with Gasteiger partial charge in [0.2, 0.25) is 5.91 Å². The molecule has 0 radical (unpaired) electrons. The third-order valence-electron chi connectivity index (χ3n) is 5.66. The molecule has 3 heterocycles. The van der Waals surface area contributed by atoms with Crippen LogP contribution >= 0.6 is 0 Å². The van der Waals surface area contributed by atoms with Gasteiger partial charge < -0.3 is 15.3 Å². The summed E-state index contributed by atoms with van der Waals surface area (Å²) in [7, 11) is 1.92. The molecule has 9 nitrogen and oxygen atoms in total. The topological polar surface area (TPSA) is 113 Å². The minimum absolute atomic E-state index is 0.0528. The van der Waals surface area contributed by atoms with E-state index in [-0.39, 0.29) is 11.6 Å². The molecule has 0 aliphatic carbocycles. The highest BCUT2D eigenvalue weighted by molar-refractivity contribution is 5.85. The zero-order valence-electron chi connectivity index (χ0n) is 17.2. The highest BCUT2D eigenvalue weighted by Crippen LogP contribution is 2.21. The first kappa shape index (κ1) is 20.8. The van der Waals surface area contributed by atoms with Crippen LogP contribution in [0.25, 0.3) is 0 Å². The monoisotopic (exact) mass is 400 g/mol. The van der Waals surface area contributed by atoms with Crippen LogP contribution in [-0.2, 0) is 18.3 Å². The number of nitrogens with one attached hydrogen (secondary N) is 1. The van der Waals surface area contributed by atoms with Crippen LogP contribution in [0.1, 0.15) is 46.7 Å². The smallest absolute Gasteiger partial charge is 0.356 e. The molecule has 156 valence electrons. The van der Waals surface area contributed by atoms with Gasteiger partial charge in [0, 0.05) is 38.8 Å². The van der Waals surface area contributed by atoms with Crippen LogP contribution in [0.4, 0.5) is 5.82 Å². The van der Waals surface area contributed by atoms with Gasteiger partial charge >= 0.3 is 5.97 Å². The van der Waals surface area contributed by atoms with Gasteiger partial charge in [0.25, 0.3) is 0 Å². The van der Waals surface area contributed by atoms with Crippen LogP contribution in [0, 0.1) is 19.8 Å². The van der Waals surface area contributed by atoms with Gasteiger partial charge in [0.05, 0.1) is 5.69 Å². The largest absolute Gasteiger partial charge is 0.476 e. The molecule has 0 spiro atoms. The molecule has 29 heavy (non-hydrogen) atoms. The van der Waals surface area contributed by atoms with Crippen molar-refractivity contribution in [3.05, 3.63) is 34.8 Å². The van der Waals surface area contributed by atoms with Crippen LogP contribution in [0.15, 0.2) is 12.1 Å². The summed E-state index contributed by atoms with van der Waals surface area (Å²) in [5.74, 6) is 0.126. The fourth-order valence-electron chi connectivity index (χ4n) is 3.74. The lowest BCUT2D eigenvalue weighted by Crippen LogP contribution is -2.39. The molecular weight excluding hydrogens is 372 g/mol. The maximum absolute atomic E-state index is 12.2. The molecule has 0 atom stereocenters. The molecule has 2 aromatic rings. The normalized spacial score (nSPS) is 14.8. The third-order valence-corrected chi connectivity index (χ3v) is 5.66. The molecule has 9 heteroatoms. The van der Waals surface area contributed by atoms with Crippen molar-refractivity contribution < 1.29 is 14.7 Å². The Bertz CT molecular complexity index is 869. The fraction of sp³-hybridized carbons (Fsp3) is 0.550. The van der Waals surface area contributed by atoms with Crippen LogP contribution in [0.5, 0.6) is 0 Å². The number of carboxylic acid groups (broad SMARTS) is 1. The summed E-state index contributed by atoms with van der Waals surface area (Å²) >= 11 is 0. The Kier molecular flexibility index (Phi) is 6.46. The van der Waals surface area contributed by atoms with E-state index in [2.05, 4.69) is 25.5 Å². The van der Waals surface area contributed by atoms with Crippen molar-refractivity contribution in [2.24, 2.45) is 13.0 Å². The van der Waals surface area contributed by atoms with E-state index in [0.29, 0.717) is 31.1 Å². The Morgan fingerprint density at radius 3 is 2.48 bits per heavy atom. The van der Waals surface area contributed by atoms with Crippen molar-refractivity contribution >= 4 is 17.7 Å². The first-order chi connectivity index (χ1) is 13.8. The second-order valence-electron chi connectivity index (χ2n) is 7.59. The van der Waals surface area contributed by atoms with Gasteiger partial charge in [-0.1, -0.05) is 0 Å². The number of amides is 1. The van der Waals surface area contributed by atoms with Crippen molar-refractivity contribution in [2.75, 3.05) is 24.5 Å². The number of piperidine rings is 1. The number of carbonyl (C=O) groups excluding carboxylic acids is 1. The van der Waals surface area contributed by atoms with Gasteiger partial charge in [0.1, 0.15) is 0 Å². The van der Waals surface area contributed by atoms with E-state index < -0.39 is 5.97 Å². The Labute approximate surface area is 170 Å². The molecule has 0 bridgehead atoms. The van der Waals surface area contributed by atoms with Gasteiger partial charge in [-0.15, -0.1) is 10.2 Å². The molecule has 0 aromatic carbocycles. The van der Waals surface area contributed by atoms with Crippen molar-refractivity contribution in [1.29, 1.82) is 0 Å². The summed E-state index contributed by atoms with van der Waals surface area (Å²) in [5.41, 5.74) is 3.21. The predicted molar refractivity (Wildman–Crippen MR) is 108 cm³/mol. The van der Waals surface area contributed by atoms with Crippen molar-refractivity contribution in [3.63, 3.8) is 0 Å². The van der Waals surface area contributed by atoms with Gasteiger partial charge in [0.15, 0.2) is 11.5 Å². The molecule has 1 fully saturated rings. The Hall–Kier alpha value is -2.97. The fourth-order valence-corrected chi connectivity index (χ4v) is 3.74. The number of rotatable bonds is 7. The summed E-state index contributed by atoms with van der Waals surface area (Å²) in [5, 5.41) is 24.1. The second-order valence-corrected chi connectivity index (χ2v) is 7.59. The van der Waals surface area contributed by atoms with Gasteiger partial charge in [-0.3, -0.25) is 9.48 Å². The van der Waals surface area contributed by atoms with E-state index in [1.54, 1.807) is 6.07 Å². The summed E-state index contributed by atoms with van der Waals surface area (Å²) in [4.78, 5) is 25.2. The third kappa shape index (κ3) is 5.10. The van der Waals surface area contributed by atoms with E-state index in [4.69, 9.17) is 5.11 Å². The van der Waals surface area contributed by atoms with Crippen LogP contribution < -0.4 is 10.2 Å². The van der Waals surface area contributed by atoms with E-state index in [9.17, 15) is 9.59 Å². The maximum atomic E-state index is 12.2. The zero-order valence-corrected chi connectivity index (χ0v) is 17.2. The predicted octanol–water partition coefficient (Wildman–Crippen LogP) is 1.49. The molecule has 2 aromatic heterocycles. The van der Waals surface area contributed by atoms with Gasteiger partial charge in [-0.25, -0.2) is 4.79 Å². The second kappa shape index (κ2) is 9.02. The van der Waals surface area contributed by atoms with Crippen molar-refractivity contribution in [1.82, 2.24) is 25.3 Å².